The van der Waals surface area contributed by atoms with E-state index in [0.717, 1.165) is 16.1 Å². The van der Waals surface area contributed by atoms with E-state index in [4.69, 9.17) is 5.73 Å². The third-order valence-electron chi connectivity index (χ3n) is 3.15. The second kappa shape index (κ2) is 4.68. The first kappa shape index (κ1) is 12.0. The molecular weight excluding hydrogens is 282 g/mol. The van der Waals surface area contributed by atoms with Crippen molar-refractivity contribution in [2.45, 2.75) is 0 Å². The summed E-state index contributed by atoms with van der Waals surface area (Å²) >= 11 is 1.63. The third kappa shape index (κ3) is 2.05. The second-order valence-corrected chi connectivity index (χ2v) is 5.50. The number of nitrogen functional groups attached to an aromatic ring is 1. The summed E-state index contributed by atoms with van der Waals surface area (Å²) in [5.41, 5.74) is 8.51. The van der Waals surface area contributed by atoms with Crippen LogP contribution in [0.25, 0.3) is 27.6 Å². The number of nitrogens with two attached hydrogens (primary N) is 1. The molecular formula is C15H11N5S. The normalized spacial score (nSPS) is 11.0. The summed E-state index contributed by atoms with van der Waals surface area (Å²) in [6.07, 6.45) is 0. The van der Waals surface area contributed by atoms with Crippen LogP contribution < -0.4 is 5.73 Å². The molecule has 1 aromatic carbocycles. The van der Waals surface area contributed by atoms with Crippen molar-refractivity contribution in [3.63, 3.8) is 0 Å². The van der Waals surface area contributed by atoms with E-state index in [2.05, 4.69) is 15.1 Å². The molecule has 2 N–H and O–H groups in total. The first-order valence-electron chi connectivity index (χ1n) is 6.44. The van der Waals surface area contributed by atoms with Crippen LogP contribution in [0.5, 0.6) is 0 Å². The Morgan fingerprint density at radius 2 is 1.86 bits per heavy atom. The van der Waals surface area contributed by atoms with E-state index in [-0.39, 0.29) is 0 Å². The molecule has 0 aliphatic rings. The lowest BCUT2D eigenvalue weighted by atomic mass is 10.2. The van der Waals surface area contributed by atoms with Gasteiger partial charge in [0, 0.05) is 11.6 Å². The minimum absolute atomic E-state index is 0.335. The van der Waals surface area contributed by atoms with Crippen molar-refractivity contribution in [1.82, 2.24) is 19.6 Å². The molecule has 0 amide bonds. The molecule has 21 heavy (non-hydrogen) atoms. The number of benzene rings is 1. The van der Waals surface area contributed by atoms with Gasteiger partial charge in [-0.25, -0.2) is 4.98 Å². The molecule has 102 valence electrons. The standard InChI is InChI=1S/C15H11N5S/c16-15-18-14(10-5-2-1-3-6-10)17-13-9-11(19-20(13)15)12-7-4-8-21-12/h1-9H,(H2,16,17,18). The van der Waals surface area contributed by atoms with Gasteiger partial charge in [-0.05, 0) is 11.4 Å². The third-order valence-corrected chi connectivity index (χ3v) is 4.05. The van der Waals surface area contributed by atoms with Gasteiger partial charge < -0.3 is 5.73 Å². The summed E-state index contributed by atoms with van der Waals surface area (Å²) in [4.78, 5) is 9.97. The minimum Gasteiger partial charge on any atom is -0.368 e. The molecule has 0 bridgehead atoms. The van der Waals surface area contributed by atoms with Crippen LogP contribution in [0.4, 0.5) is 5.95 Å². The first-order chi connectivity index (χ1) is 10.3. The van der Waals surface area contributed by atoms with Crippen molar-refractivity contribution >= 4 is 22.9 Å². The van der Waals surface area contributed by atoms with Crippen molar-refractivity contribution in [2.24, 2.45) is 0 Å². The van der Waals surface area contributed by atoms with Crippen LogP contribution in [-0.2, 0) is 0 Å². The van der Waals surface area contributed by atoms with Gasteiger partial charge in [0.2, 0.25) is 5.95 Å². The largest absolute Gasteiger partial charge is 0.368 e. The van der Waals surface area contributed by atoms with Gasteiger partial charge in [-0.2, -0.15) is 14.6 Å². The molecule has 0 fully saturated rings. The molecule has 0 radical (unpaired) electrons. The molecule has 0 saturated heterocycles. The summed E-state index contributed by atoms with van der Waals surface area (Å²) in [6.45, 7) is 0. The maximum atomic E-state index is 6.01. The lowest BCUT2D eigenvalue weighted by molar-refractivity contribution is 0.917. The lowest BCUT2D eigenvalue weighted by Crippen LogP contribution is -2.05. The summed E-state index contributed by atoms with van der Waals surface area (Å²) in [5.74, 6) is 0.944. The zero-order valence-corrected chi connectivity index (χ0v) is 11.8. The van der Waals surface area contributed by atoms with E-state index in [9.17, 15) is 0 Å². The SMILES string of the molecule is Nc1nc(-c2ccccc2)nc2cc(-c3cccs3)nn12. The van der Waals surface area contributed by atoms with Gasteiger partial charge in [0.15, 0.2) is 11.5 Å². The van der Waals surface area contributed by atoms with Crippen molar-refractivity contribution in [3.05, 3.63) is 53.9 Å². The van der Waals surface area contributed by atoms with Crippen molar-refractivity contribution < 1.29 is 0 Å². The monoisotopic (exact) mass is 293 g/mol. The van der Waals surface area contributed by atoms with Crippen molar-refractivity contribution in [1.29, 1.82) is 0 Å². The zero-order valence-electron chi connectivity index (χ0n) is 11.0. The highest BCUT2D eigenvalue weighted by Gasteiger charge is 2.11. The summed E-state index contributed by atoms with van der Waals surface area (Å²) in [7, 11) is 0. The molecule has 6 heteroatoms. The molecule has 0 unspecified atom stereocenters. The number of thiophene rings is 1. The number of aromatic nitrogens is 4. The molecule has 4 aromatic rings. The Morgan fingerprint density at radius 3 is 2.62 bits per heavy atom. The molecule has 0 spiro atoms. The van der Waals surface area contributed by atoms with Gasteiger partial charge in [-0.1, -0.05) is 36.4 Å². The Morgan fingerprint density at radius 1 is 1.00 bits per heavy atom. The Hall–Kier alpha value is -2.73. The Balaban J connectivity index is 1.90. The molecule has 4 rings (SSSR count). The maximum absolute atomic E-state index is 6.01. The topological polar surface area (TPSA) is 69.1 Å². The number of fused-ring (bicyclic) bond motifs is 1. The summed E-state index contributed by atoms with van der Waals surface area (Å²) in [6, 6.07) is 15.7. The molecule has 0 saturated carbocycles. The van der Waals surface area contributed by atoms with Crippen molar-refractivity contribution in [3.8, 4) is 22.0 Å². The number of anilines is 1. The minimum atomic E-state index is 0.335. The highest BCUT2D eigenvalue weighted by atomic mass is 32.1. The van der Waals surface area contributed by atoms with Crippen LogP contribution in [0, 0.1) is 0 Å². The highest BCUT2D eigenvalue weighted by Crippen LogP contribution is 2.25. The molecule has 3 aromatic heterocycles. The van der Waals surface area contributed by atoms with E-state index in [1.54, 1.807) is 15.9 Å². The number of rotatable bonds is 2. The van der Waals surface area contributed by atoms with Gasteiger partial charge in [0.1, 0.15) is 5.69 Å². The smallest absolute Gasteiger partial charge is 0.225 e. The molecule has 3 heterocycles. The number of nitrogens with zero attached hydrogens (tertiary/aromatic N) is 4. The Kier molecular flexibility index (Phi) is 2.68. The highest BCUT2D eigenvalue weighted by molar-refractivity contribution is 7.13. The van der Waals surface area contributed by atoms with E-state index in [1.165, 1.54) is 0 Å². The average molecular weight is 293 g/mol. The maximum Gasteiger partial charge on any atom is 0.225 e. The van der Waals surface area contributed by atoms with Gasteiger partial charge in [-0.15, -0.1) is 11.3 Å². The Bertz CT molecular complexity index is 897. The fourth-order valence-electron chi connectivity index (χ4n) is 2.17. The molecule has 5 nitrogen and oxygen atoms in total. The average Bonchev–Trinajstić information content (AvgIpc) is 3.17. The van der Waals surface area contributed by atoms with Gasteiger partial charge >= 0.3 is 0 Å². The second-order valence-electron chi connectivity index (χ2n) is 4.55. The van der Waals surface area contributed by atoms with Crippen LogP contribution in [0.2, 0.25) is 0 Å². The van der Waals surface area contributed by atoms with Crippen LogP contribution in [0.3, 0.4) is 0 Å². The van der Waals surface area contributed by atoms with E-state index in [0.29, 0.717) is 17.4 Å². The number of hydrogen-bond acceptors (Lipinski definition) is 5. The van der Waals surface area contributed by atoms with E-state index < -0.39 is 0 Å². The van der Waals surface area contributed by atoms with Crippen LogP contribution in [-0.4, -0.2) is 19.6 Å². The molecule has 0 aliphatic heterocycles. The molecule has 0 atom stereocenters. The predicted octanol–water partition coefficient (Wildman–Crippen LogP) is 3.10. The lowest BCUT2D eigenvalue weighted by Gasteiger charge is -2.02. The van der Waals surface area contributed by atoms with Crippen LogP contribution >= 0.6 is 11.3 Å². The van der Waals surface area contributed by atoms with Gasteiger partial charge in [-0.3, -0.25) is 0 Å². The summed E-state index contributed by atoms with van der Waals surface area (Å²) < 4.78 is 1.57. The van der Waals surface area contributed by atoms with E-state index >= 15 is 0 Å². The van der Waals surface area contributed by atoms with Crippen LogP contribution in [0.15, 0.2) is 53.9 Å². The fourth-order valence-corrected chi connectivity index (χ4v) is 2.85. The fraction of sp³-hybridized carbons (Fsp3) is 0. The quantitative estimate of drug-likeness (QED) is 0.616. The first-order valence-corrected chi connectivity index (χ1v) is 7.32. The summed E-state index contributed by atoms with van der Waals surface area (Å²) in [5, 5.41) is 6.48. The van der Waals surface area contributed by atoms with Crippen molar-refractivity contribution in [2.75, 3.05) is 5.73 Å². The van der Waals surface area contributed by atoms with Crippen LogP contribution in [0.1, 0.15) is 0 Å². The van der Waals surface area contributed by atoms with Gasteiger partial charge in [0.05, 0.1) is 4.88 Å². The zero-order chi connectivity index (χ0) is 14.2. The number of hydrogen-bond donors (Lipinski definition) is 1. The van der Waals surface area contributed by atoms with Gasteiger partial charge in [0.25, 0.3) is 0 Å². The van der Waals surface area contributed by atoms with E-state index in [1.807, 2.05) is 53.9 Å². The Labute approximate surface area is 124 Å². The predicted molar refractivity (Wildman–Crippen MR) is 83.9 cm³/mol. The molecule has 0 aliphatic carbocycles.